The molecule has 0 saturated heterocycles. The van der Waals surface area contributed by atoms with E-state index in [1.165, 1.54) is 0 Å². The van der Waals surface area contributed by atoms with E-state index in [0.29, 0.717) is 10.8 Å². The lowest BCUT2D eigenvalue weighted by atomic mass is 10.2. The Bertz CT molecular complexity index is 455. The van der Waals surface area contributed by atoms with Crippen LogP contribution in [0.4, 0.5) is 0 Å². The minimum absolute atomic E-state index is 0.0137. The quantitative estimate of drug-likeness (QED) is 0.568. The summed E-state index contributed by atoms with van der Waals surface area (Å²) in [5.74, 6) is -0.582. The number of benzene rings is 1. The first-order valence-corrected chi connectivity index (χ1v) is 7.09. The van der Waals surface area contributed by atoms with Gasteiger partial charge in [0.25, 0.3) is 0 Å². The molecule has 0 radical (unpaired) electrons. The molecule has 0 bridgehead atoms. The molecule has 0 amide bonds. The monoisotopic (exact) mass is 298 g/mol. The lowest BCUT2D eigenvalue weighted by Gasteiger charge is -2.13. The highest BCUT2D eigenvalue weighted by Gasteiger charge is 2.14. The van der Waals surface area contributed by atoms with Crippen molar-refractivity contribution in [1.82, 2.24) is 0 Å². The van der Waals surface area contributed by atoms with Crippen LogP contribution in [0.15, 0.2) is 24.3 Å². The van der Waals surface area contributed by atoms with Crippen molar-refractivity contribution in [2.24, 2.45) is 0 Å². The Hall–Kier alpha value is -1.55. The second-order valence-corrected chi connectivity index (χ2v) is 4.74. The molecule has 1 rings (SSSR count). The van der Waals surface area contributed by atoms with Crippen LogP contribution in [0.2, 0.25) is 5.02 Å². The largest absolute Gasteiger partial charge is 0.462 e. The average molecular weight is 299 g/mol. The highest BCUT2D eigenvalue weighted by molar-refractivity contribution is 6.32. The molecule has 5 heteroatoms. The standard InChI is InChI=1S/C15H19ClO4/c1-3-11(4-2)19-14(17)9-10-15(18)20-13-8-6-5-7-12(13)16/h5-8,11H,3-4,9-10H2,1-2H3. The van der Waals surface area contributed by atoms with Gasteiger partial charge in [0.15, 0.2) is 0 Å². The Labute approximate surface area is 124 Å². The second kappa shape index (κ2) is 8.59. The summed E-state index contributed by atoms with van der Waals surface area (Å²) in [6.45, 7) is 3.90. The van der Waals surface area contributed by atoms with Gasteiger partial charge < -0.3 is 9.47 Å². The third-order valence-electron chi connectivity index (χ3n) is 2.80. The van der Waals surface area contributed by atoms with Crippen molar-refractivity contribution in [1.29, 1.82) is 0 Å². The van der Waals surface area contributed by atoms with Crippen LogP contribution in [-0.4, -0.2) is 18.0 Å². The van der Waals surface area contributed by atoms with E-state index in [1.807, 2.05) is 13.8 Å². The zero-order valence-corrected chi connectivity index (χ0v) is 12.5. The molecule has 20 heavy (non-hydrogen) atoms. The Balaban J connectivity index is 2.37. The van der Waals surface area contributed by atoms with Crippen LogP contribution in [-0.2, 0) is 14.3 Å². The Morgan fingerprint density at radius 1 is 1.10 bits per heavy atom. The van der Waals surface area contributed by atoms with Gasteiger partial charge in [0, 0.05) is 0 Å². The first-order valence-electron chi connectivity index (χ1n) is 6.71. The zero-order valence-electron chi connectivity index (χ0n) is 11.7. The van der Waals surface area contributed by atoms with E-state index >= 15 is 0 Å². The summed E-state index contributed by atoms with van der Waals surface area (Å²) in [4.78, 5) is 23.1. The van der Waals surface area contributed by atoms with Gasteiger partial charge in [-0.3, -0.25) is 9.59 Å². The maximum Gasteiger partial charge on any atom is 0.311 e. The van der Waals surface area contributed by atoms with Crippen LogP contribution in [0.1, 0.15) is 39.5 Å². The lowest BCUT2D eigenvalue weighted by Crippen LogP contribution is -2.18. The van der Waals surface area contributed by atoms with Crippen LogP contribution in [0, 0.1) is 0 Å². The highest BCUT2D eigenvalue weighted by Crippen LogP contribution is 2.23. The van der Waals surface area contributed by atoms with Crippen molar-refractivity contribution < 1.29 is 19.1 Å². The Morgan fingerprint density at radius 3 is 2.30 bits per heavy atom. The fourth-order valence-corrected chi connectivity index (χ4v) is 1.78. The number of rotatable bonds is 7. The van der Waals surface area contributed by atoms with Crippen LogP contribution in [0.3, 0.4) is 0 Å². The van der Waals surface area contributed by atoms with E-state index in [0.717, 1.165) is 12.8 Å². The number of hydrogen-bond donors (Lipinski definition) is 0. The Morgan fingerprint density at radius 2 is 1.70 bits per heavy atom. The first-order chi connectivity index (χ1) is 9.56. The van der Waals surface area contributed by atoms with Crippen molar-refractivity contribution in [3.8, 4) is 5.75 Å². The SMILES string of the molecule is CCC(CC)OC(=O)CCC(=O)Oc1ccccc1Cl. The number of esters is 2. The van der Waals surface area contributed by atoms with E-state index in [2.05, 4.69) is 0 Å². The molecule has 0 N–H and O–H groups in total. The molecule has 0 aromatic heterocycles. The topological polar surface area (TPSA) is 52.6 Å². The van der Waals surface area contributed by atoms with Crippen LogP contribution in [0.25, 0.3) is 0 Å². The van der Waals surface area contributed by atoms with Gasteiger partial charge in [0.1, 0.15) is 11.9 Å². The summed E-state index contributed by atoms with van der Waals surface area (Å²) < 4.78 is 10.3. The van der Waals surface area contributed by atoms with Crippen LogP contribution in [0.5, 0.6) is 5.75 Å². The maximum atomic E-state index is 11.6. The van der Waals surface area contributed by atoms with E-state index in [-0.39, 0.29) is 24.9 Å². The van der Waals surface area contributed by atoms with Crippen LogP contribution >= 0.6 is 11.6 Å². The summed E-state index contributed by atoms with van der Waals surface area (Å²) in [6.07, 6.45) is 1.45. The molecule has 0 fully saturated rings. The van der Waals surface area contributed by atoms with Crippen molar-refractivity contribution >= 4 is 23.5 Å². The minimum Gasteiger partial charge on any atom is -0.462 e. The van der Waals surface area contributed by atoms with Gasteiger partial charge in [0.2, 0.25) is 0 Å². The fraction of sp³-hybridized carbons (Fsp3) is 0.467. The number of carbonyl (C=O) groups is 2. The number of carbonyl (C=O) groups excluding carboxylic acids is 2. The summed E-state index contributed by atoms with van der Waals surface area (Å²) in [5, 5.41) is 0.362. The molecular formula is C15H19ClO4. The second-order valence-electron chi connectivity index (χ2n) is 4.33. The minimum atomic E-state index is -0.500. The molecule has 110 valence electrons. The molecule has 0 atom stereocenters. The molecule has 0 aliphatic carbocycles. The van der Waals surface area contributed by atoms with Crippen molar-refractivity contribution in [3.05, 3.63) is 29.3 Å². The van der Waals surface area contributed by atoms with Gasteiger partial charge in [-0.1, -0.05) is 37.6 Å². The first kappa shape index (κ1) is 16.5. The van der Waals surface area contributed by atoms with Crippen LogP contribution < -0.4 is 4.74 Å². The van der Waals surface area contributed by atoms with Crippen molar-refractivity contribution in [2.75, 3.05) is 0 Å². The smallest absolute Gasteiger partial charge is 0.311 e. The molecule has 0 unspecified atom stereocenters. The molecule has 0 spiro atoms. The third kappa shape index (κ3) is 5.61. The predicted octanol–water partition coefficient (Wildman–Crippen LogP) is 3.76. The molecular weight excluding hydrogens is 280 g/mol. The molecule has 1 aromatic carbocycles. The molecule has 0 saturated carbocycles. The number of ether oxygens (including phenoxy) is 2. The summed E-state index contributed by atoms with van der Waals surface area (Å²) in [5.41, 5.74) is 0. The number of hydrogen-bond acceptors (Lipinski definition) is 4. The Kier molecular flexibility index (Phi) is 7.09. The lowest BCUT2D eigenvalue weighted by molar-refractivity contribution is -0.151. The highest BCUT2D eigenvalue weighted by atomic mass is 35.5. The predicted molar refractivity (Wildman–Crippen MR) is 76.8 cm³/mol. The fourth-order valence-electron chi connectivity index (χ4n) is 1.61. The zero-order chi connectivity index (χ0) is 15.0. The molecule has 0 aliphatic rings. The number of para-hydroxylation sites is 1. The number of halogens is 1. The summed E-state index contributed by atoms with van der Waals surface area (Å²) >= 11 is 5.87. The third-order valence-corrected chi connectivity index (χ3v) is 3.11. The van der Waals surface area contributed by atoms with Gasteiger partial charge >= 0.3 is 11.9 Å². The van der Waals surface area contributed by atoms with Gasteiger partial charge in [-0.25, -0.2) is 0 Å². The van der Waals surface area contributed by atoms with E-state index in [1.54, 1.807) is 24.3 Å². The maximum absolute atomic E-state index is 11.6. The van der Waals surface area contributed by atoms with E-state index in [4.69, 9.17) is 21.1 Å². The van der Waals surface area contributed by atoms with E-state index < -0.39 is 5.97 Å². The summed E-state index contributed by atoms with van der Waals surface area (Å²) in [6, 6.07) is 6.69. The van der Waals surface area contributed by atoms with Gasteiger partial charge in [-0.05, 0) is 25.0 Å². The van der Waals surface area contributed by atoms with Crippen molar-refractivity contribution in [2.45, 2.75) is 45.6 Å². The van der Waals surface area contributed by atoms with Crippen molar-refractivity contribution in [3.63, 3.8) is 0 Å². The van der Waals surface area contributed by atoms with Gasteiger partial charge in [0.05, 0.1) is 17.9 Å². The average Bonchev–Trinajstić information content (AvgIpc) is 2.45. The van der Waals surface area contributed by atoms with E-state index in [9.17, 15) is 9.59 Å². The summed E-state index contributed by atoms with van der Waals surface area (Å²) in [7, 11) is 0. The molecule has 0 aliphatic heterocycles. The molecule has 4 nitrogen and oxygen atoms in total. The molecule has 0 heterocycles. The normalized spacial score (nSPS) is 10.4. The van der Waals surface area contributed by atoms with Gasteiger partial charge in [-0.2, -0.15) is 0 Å². The molecule has 1 aromatic rings. The van der Waals surface area contributed by atoms with Gasteiger partial charge in [-0.15, -0.1) is 0 Å².